The monoisotopic (exact) mass is 236 g/mol. The number of nitrogens with one attached hydrogen (secondary N) is 2. The molecule has 0 saturated heterocycles. The fraction of sp³-hybridized carbons (Fsp3) is 0.200. The van der Waals surface area contributed by atoms with Crippen molar-refractivity contribution in [3.05, 3.63) is 34.5 Å². The Hall–Kier alpha value is -1.82. The minimum Gasteiger partial charge on any atom is -0.397 e. The fourth-order valence-electron chi connectivity index (χ4n) is 1.33. The predicted octanol–water partition coefficient (Wildman–Crippen LogP) is 1.54. The molecule has 0 saturated carbocycles. The highest BCUT2D eigenvalue weighted by Crippen LogP contribution is 2.15. The average Bonchev–Trinajstić information content (AvgIpc) is 2.87. The summed E-state index contributed by atoms with van der Waals surface area (Å²) in [7, 11) is 0. The van der Waals surface area contributed by atoms with Crippen molar-refractivity contribution >= 4 is 22.9 Å². The first-order valence-corrected chi connectivity index (χ1v) is 5.69. The van der Waals surface area contributed by atoms with E-state index in [-0.39, 0.29) is 11.9 Å². The number of nitrogens with zero attached hydrogens (tertiary/aromatic N) is 1. The summed E-state index contributed by atoms with van der Waals surface area (Å²) in [6, 6.07) is 1.50. The summed E-state index contributed by atoms with van der Waals surface area (Å²) in [6.07, 6.45) is 3.30. The van der Waals surface area contributed by atoms with E-state index in [9.17, 15) is 4.79 Å². The molecule has 4 N–H and O–H groups in total. The summed E-state index contributed by atoms with van der Waals surface area (Å²) in [6.45, 7) is 1.89. The molecule has 6 heteroatoms. The van der Waals surface area contributed by atoms with Crippen LogP contribution >= 0.6 is 11.3 Å². The van der Waals surface area contributed by atoms with Crippen molar-refractivity contribution in [1.29, 1.82) is 0 Å². The zero-order valence-corrected chi connectivity index (χ0v) is 9.54. The van der Waals surface area contributed by atoms with Gasteiger partial charge in [-0.3, -0.25) is 4.79 Å². The smallest absolute Gasteiger partial charge is 0.268 e. The Morgan fingerprint density at radius 2 is 2.50 bits per heavy atom. The Bertz CT molecular complexity index is 477. The summed E-state index contributed by atoms with van der Waals surface area (Å²) in [4.78, 5) is 18.7. The van der Waals surface area contributed by atoms with Gasteiger partial charge in [-0.15, -0.1) is 11.3 Å². The largest absolute Gasteiger partial charge is 0.397 e. The van der Waals surface area contributed by atoms with Crippen LogP contribution in [0.5, 0.6) is 0 Å². The number of hydrogen-bond donors (Lipinski definition) is 3. The molecule has 0 fully saturated rings. The number of thiazole rings is 1. The molecule has 0 aliphatic carbocycles. The first-order chi connectivity index (χ1) is 7.66. The van der Waals surface area contributed by atoms with Crippen molar-refractivity contribution in [3.8, 4) is 0 Å². The lowest BCUT2D eigenvalue weighted by molar-refractivity contribution is 0.0935. The Morgan fingerprint density at radius 3 is 3.06 bits per heavy atom. The second-order valence-electron chi connectivity index (χ2n) is 3.41. The minimum absolute atomic E-state index is 0.1000. The van der Waals surface area contributed by atoms with E-state index in [1.165, 1.54) is 11.3 Å². The number of aromatic amines is 1. The van der Waals surface area contributed by atoms with Gasteiger partial charge in [-0.25, -0.2) is 4.98 Å². The third-order valence-corrected chi connectivity index (χ3v) is 3.08. The van der Waals surface area contributed by atoms with Crippen LogP contribution in [0.1, 0.15) is 28.5 Å². The molecule has 0 radical (unpaired) electrons. The van der Waals surface area contributed by atoms with Crippen molar-refractivity contribution < 1.29 is 4.79 Å². The van der Waals surface area contributed by atoms with Gasteiger partial charge in [-0.05, 0) is 13.0 Å². The van der Waals surface area contributed by atoms with E-state index in [4.69, 9.17) is 5.73 Å². The molecule has 1 atom stereocenters. The number of carbonyl (C=O) groups excluding carboxylic acids is 1. The molecule has 0 bridgehead atoms. The van der Waals surface area contributed by atoms with Crippen LogP contribution in [0.25, 0.3) is 0 Å². The van der Waals surface area contributed by atoms with Crippen LogP contribution in [-0.2, 0) is 0 Å². The molecular weight excluding hydrogens is 224 g/mol. The second-order valence-corrected chi connectivity index (χ2v) is 4.34. The Morgan fingerprint density at radius 1 is 1.69 bits per heavy atom. The summed E-state index contributed by atoms with van der Waals surface area (Å²) >= 11 is 1.51. The van der Waals surface area contributed by atoms with E-state index in [2.05, 4.69) is 15.3 Å². The maximum atomic E-state index is 11.7. The first kappa shape index (κ1) is 10.7. The molecule has 2 heterocycles. The first-order valence-electron chi connectivity index (χ1n) is 4.81. The Labute approximate surface area is 96.7 Å². The van der Waals surface area contributed by atoms with E-state index >= 15 is 0 Å². The van der Waals surface area contributed by atoms with Gasteiger partial charge in [-0.2, -0.15) is 0 Å². The number of carbonyl (C=O) groups is 1. The van der Waals surface area contributed by atoms with Gasteiger partial charge in [-0.1, -0.05) is 0 Å². The zero-order valence-electron chi connectivity index (χ0n) is 8.73. The number of anilines is 1. The van der Waals surface area contributed by atoms with Crippen molar-refractivity contribution in [2.45, 2.75) is 13.0 Å². The second kappa shape index (κ2) is 4.36. The van der Waals surface area contributed by atoms with E-state index < -0.39 is 0 Å². The topological polar surface area (TPSA) is 83.8 Å². The lowest BCUT2D eigenvalue weighted by Gasteiger charge is -2.09. The highest BCUT2D eigenvalue weighted by atomic mass is 32.1. The highest BCUT2D eigenvalue weighted by molar-refractivity contribution is 7.09. The number of hydrogen-bond acceptors (Lipinski definition) is 4. The number of nitrogens with two attached hydrogens (primary N) is 1. The van der Waals surface area contributed by atoms with Crippen LogP contribution in [0.2, 0.25) is 0 Å². The fourth-order valence-corrected chi connectivity index (χ4v) is 1.97. The van der Waals surface area contributed by atoms with Crippen LogP contribution in [0.15, 0.2) is 23.8 Å². The summed E-state index contributed by atoms with van der Waals surface area (Å²) in [5.41, 5.74) is 6.53. The molecule has 2 rings (SSSR count). The summed E-state index contributed by atoms with van der Waals surface area (Å²) < 4.78 is 0. The van der Waals surface area contributed by atoms with Gasteiger partial charge < -0.3 is 16.0 Å². The predicted molar refractivity (Wildman–Crippen MR) is 63.2 cm³/mol. The SMILES string of the molecule is CC(NC(=O)c1cc(N)c[nH]1)c1nccs1. The molecule has 16 heavy (non-hydrogen) atoms. The summed E-state index contributed by atoms with van der Waals surface area (Å²) in [5, 5.41) is 5.60. The highest BCUT2D eigenvalue weighted by Gasteiger charge is 2.13. The lowest BCUT2D eigenvalue weighted by atomic mass is 10.3. The van der Waals surface area contributed by atoms with Crippen LogP contribution in [0.4, 0.5) is 5.69 Å². The van der Waals surface area contributed by atoms with Gasteiger partial charge in [0.25, 0.3) is 5.91 Å². The van der Waals surface area contributed by atoms with Crippen molar-refractivity contribution in [2.75, 3.05) is 5.73 Å². The Balaban J connectivity index is 2.03. The molecule has 0 aliphatic rings. The number of amides is 1. The van der Waals surface area contributed by atoms with E-state index in [0.29, 0.717) is 11.4 Å². The van der Waals surface area contributed by atoms with Gasteiger partial charge in [0.2, 0.25) is 0 Å². The molecule has 2 aromatic rings. The van der Waals surface area contributed by atoms with Gasteiger partial charge >= 0.3 is 0 Å². The maximum Gasteiger partial charge on any atom is 0.268 e. The van der Waals surface area contributed by atoms with Crippen molar-refractivity contribution in [3.63, 3.8) is 0 Å². The van der Waals surface area contributed by atoms with Gasteiger partial charge in [0.1, 0.15) is 10.7 Å². The molecule has 5 nitrogen and oxygen atoms in total. The normalized spacial score (nSPS) is 12.3. The number of aromatic nitrogens is 2. The van der Waals surface area contributed by atoms with Gasteiger partial charge in [0.05, 0.1) is 6.04 Å². The minimum atomic E-state index is -0.181. The Kier molecular flexibility index (Phi) is 2.91. The standard InChI is InChI=1S/C10H12N4OS/c1-6(10-12-2-3-16-10)14-9(15)8-4-7(11)5-13-8/h2-6,13H,11H2,1H3,(H,14,15). The van der Waals surface area contributed by atoms with E-state index in [0.717, 1.165) is 5.01 Å². The maximum absolute atomic E-state index is 11.7. The van der Waals surface area contributed by atoms with Gasteiger partial charge in [0, 0.05) is 23.5 Å². The molecule has 0 aromatic carbocycles. The van der Waals surface area contributed by atoms with Gasteiger partial charge in [0.15, 0.2) is 0 Å². The molecule has 0 aliphatic heterocycles. The molecule has 1 amide bonds. The van der Waals surface area contributed by atoms with Crippen molar-refractivity contribution in [1.82, 2.24) is 15.3 Å². The van der Waals surface area contributed by atoms with Crippen LogP contribution in [0.3, 0.4) is 0 Å². The third kappa shape index (κ3) is 2.22. The molecular formula is C10H12N4OS. The van der Waals surface area contributed by atoms with E-state index in [1.54, 1.807) is 18.5 Å². The lowest BCUT2D eigenvalue weighted by Crippen LogP contribution is -2.26. The number of H-pyrrole nitrogens is 1. The van der Waals surface area contributed by atoms with Crippen LogP contribution in [0, 0.1) is 0 Å². The van der Waals surface area contributed by atoms with Crippen LogP contribution < -0.4 is 11.1 Å². The van der Waals surface area contributed by atoms with Crippen molar-refractivity contribution in [2.24, 2.45) is 0 Å². The molecule has 84 valence electrons. The average molecular weight is 236 g/mol. The number of rotatable bonds is 3. The number of nitrogen functional groups attached to an aromatic ring is 1. The zero-order chi connectivity index (χ0) is 11.5. The van der Waals surface area contributed by atoms with Crippen LogP contribution in [-0.4, -0.2) is 15.9 Å². The quantitative estimate of drug-likeness (QED) is 0.756. The third-order valence-electron chi connectivity index (χ3n) is 2.12. The summed E-state index contributed by atoms with van der Waals surface area (Å²) in [5.74, 6) is -0.181. The molecule has 1 unspecified atom stereocenters. The van der Waals surface area contributed by atoms with E-state index in [1.807, 2.05) is 12.3 Å². The molecule has 2 aromatic heterocycles. The molecule has 0 spiro atoms.